The Kier molecular flexibility index (Phi) is 4.23. The van der Waals surface area contributed by atoms with E-state index in [2.05, 4.69) is 36.8 Å². The number of nitrogens with zero attached hydrogens (tertiary/aromatic N) is 6. The lowest BCUT2D eigenvalue weighted by Gasteiger charge is -2.08. The summed E-state index contributed by atoms with van der Waals surface area (Å²) in [6.07, 6.45) is 6.10. The summed E-state index contributed by atoms with van der Waals surface area (Å²) in [5.74, 6) is 3.11. The Hall–Kier alpha value is -3.66. The van der Waals surface area contributed by atoms with Crippen LogP contribution in [0.15, 0.2) is 63.1 Å². The summed E-state index contributed by atoms with van der Waals surface area (Å²) in [4.78, 5) is 10.3. The molecule has 0 saturated heterocycles. The van der Waals surface area contributed by atoms with E-state index in [4.69, 9.17) is 9.40 Å². The molecule has 4 heterocycles. The van der Waals surface area contributed by atoms with Gasteiger partial charge in [0.15, 0.2) is 5.82 Å². The highest BCUT2D eigenvalue weighted by molar-refractivity contribution is 7.99. The van der Waals surface area contributed by atoms with Crippen molar-refractivity contribution >= 4 is 29.2 Å². The zero-order valence-corrected chi connectivity index (χ0v) is 17.4. The van der Waals surface area contributed by atoms with Crippen LogP contribution in [0.1, 0.15) is 30.3 Å². The molecule has 1 saturated carbocycles. The van der Waals surface area contributed by atoms with Crippen LogP contribution < -0.4 is 5.32 Å². The van der Waals surface area contributed by atoms with E-state index in [1.54, 1.807) is 24.9 Å². The molecule has 0 amide bonds. The van der Waals surface area contributed by atoms with Crippen LogP contribution in [0.25, 0.3) is 17.1 Å². The number of H-pyrrole nitrogens is 1. The van der Waals surface area contributed by atoms with E-state index in [-0.39, 0.29) is 0 Å². The third kappa shape index (κ3) is 3.66. The lowest BCUT2D eigenvalue weighted by molar-refractivity contribution is 0.533. The van der Waals surface area contributed by atoms with E-state index in [0.717, 1.165) is 26.9 Å². The van der Waals surface area contributed by atoms with E-state index in [1.165, 1.54) is 18.5 Å². The van der Waals surface area contributed by atoms with Gasteiger partial charge in [-0.2, -0.15) is 5.10 Å². The first-order valence-corrected chi connectivity index (χ1v) is 10.8. The Morgan fingerprint density at radius 3 is 2.81 bits per heavy atom. The van der Waals surface area contributed by atoms with Gasteiger partial charge in [0, 0.05) is 53.5 Å². The number of imidazole rings is 1. The molecule has 154 valence electrons. The van der Waals surface area contributed by atoms with Gasteiger partial charge >= 0.3 is 0 Å². The van der Waals surface area contributed by atoms with Crippen molar-refractivity contribution in [1.82, 2.24) is 34.8 Å². The van der Waals surface area contributed by atoms with E-state index in [0.29, 0.717) is 23.6 Å². The molecule has 1 aliphatic rings. The number of aryl methyl sites for hydroxylation is 1. The molecule has 4 aromatic heterocycles. The molecule has 0 bridgehead atoms. The van der Waals surface area contributed by atoms with Gasteiger partial charge in [-0.15, -0.1) is 10.2 Å². The highest BCUT2D eigenvalue weighted by Gasteiger charge is 2.25. The van der Waals surface area contributed by atoms with Gasteiger partial charge in [0.05, 0.1) is 0 Å². The maximum absolute atomic E-state index is 5.49. The SMILES string of the molecule is Cc1nnc(-c2ccc(Sc3cc4nccn4c(Nc4cc(C5CC5)[nH]n4)n3)cc2)o1. The number of hydrogen-bond donors (Lipinski definition) is 2. The minimum absolute atomic E-state index is 0.516. The largest absolute Gasteiger partial charge is 0.421 e. The molecular weight excluding hydrogens is 412 g/mol. The molecule has 6 rings (SSSR count). The van der Waals surface area contributed by atoms with Crippen molar-refractivity contribution in [3.05, 3.63) is 60.4 Å². The normalized spacial score (nSPS) is 13.7. The average Bonchev–Trinajstić information content (AvgIpc) is 3.13. The van der Waals surface area contributed by atoms with E-state index < -0.39 is 0 Å². The van der Waals surface area contributed by atoms with Gasteiger partial charge in [-0.3, -0.25) is 9.50 Å². The fourth-order valence-corrected chi connectivity index (χ4v) is 4.17. The number of aromatic nitrogens is 7. The number of aromatic amines is 1. The van der Waals surface area contributed by atoms with Gasteiger partial charge in [-0.1, -0.05) is 11.8 Å². The first kappa shape index (κ1) is 18.1. The van der Waals surface area contributed by atoms with Gasteiger partial charge in [-0.05, 0) is 37.1 Å². The molecular formula is C21H18N8OS. The third-order valence-corrected chi connectivity index (χ3v) is 6.00. The zero-order chi connectivity index (χ0) is 20.8. The zero-order valence-electron chi connectivity index (χ0n) is 16.6. The van der Waals surface area contributed by atoms with Crippen molar-refractivity contribution in [2.24, 2.45) is 0 Å². The van der Waals surface area contributed by atoms with Crippen LogP contribution in [-0.4, -0.2) is 34.8 Å². The Morgan fingerprint density at radius 1 is 1.16 bits per heavy atom. The van der Waals surface area contributed by atoms with Crippen LogP contribution in [0.4, 0.5) is 11.8 Å². The summed E-state index contributed by atoms with van der Waals surface area (Å²) in [7, 11) is 0. The highest BCUT2D eigenvalue weighted by Crippen LogP contribution is 2.39. The lowest BCUT2D eigenvalue weighted by Crippen LogP contribution is -2.02. The lowest BCUT2D eigenvalue weighted by atomic mass is 10.2. The molecule has 0 radical (unpaired) electrons. The van der Waals surface area contributed by atoms with Gasteiger partial charge in [0.2, 0.25) is 17.7 Å². The second-order valence-electron chi connectivity index (χ2n) is 7.43. The number of hydrogen-bond acceptors (Lipinski definition) is 8. The number of benzene rings is 1. The Morgan fingerprint density at radius 2 is 2.03 bits per heavy atom. The topological polar surface area (TPSA) is 110 Å². The van der Waals surface area contributed by atoms with E-state index in [9.17, 15) is 0 Å². The molecule has 0 atom stereocenters. The average molecular weight is 430 g/mol. The standard InChI is InChI=1S/C21H18N8OS/c1-12-25-28-20(30-12)14-4-6-15(7-5-14)31-19-11-18-22-8-9-29(18)21(24-19)23-17-10-16(26-27-17)13-2-3-13/h4-11,13H,2-3H2,1H3,(H2,23,24,26,27). The number of nitrogens with one attached hydrogen (secondary N) is 2. The summed E-state index contributed by atoms with van der Waals surface area (Å²) < 4.78 is 7.40. The van der Waals surface area contributed by atoms with Crippen molar-refractivity contribution < 1.29 is 4.42 Å². The molecule has 0 unspecified atom stereocenters. The first-order valence-electron chi connectivity index (χ1n) is 9.96. The molecule has 31 heavy (non-hydrogen) atoms. The summed E-state index contributed by atoms with van der Waals surface area (Å²) in [6.45, 7) is 1.78. The first-order chi connectivity index (χ1) is 15.2. The Labute approximate surface area is 181 Å². The monoisotopic (exact) mass is 430 g/mol. The minimum Gasteiger partial charge on any atom is -0.421 e. The maximum atomic E-state index is 5.49. The van der Waals surface area contributed by atoms with Gasteiger partial charge < -0.3 is 9.73 Å². The second-order valence-corrected chi connectivity index (χ2v) is 8.53. The molecule has 2 N–H and O–H groups in total. The highest BCUT2D eigenvalue weighted by atomic mass is 32.2. The van der Waals surface area contributed by atoms with Crippen molar-refractivity contribution in [2.75, 3.05) is 5.32 Å². The molecule has 1 aromatic carbocycles. The smallest absolute Gasteiger partial charge is 0.247 e. The predicted molar refractivity (Wildman–Crippen MR) is 115 cm³/mol. The van der Waals surface area contributed by atoms with Crippen LogP contribution in [0, 0.1) is 6.92 Å². The molecule has 9 nitrogen and oxygen atoms in total. The molecule has 1 aliphatic carbocycles. The summed E-state index contributed by atoms with van der Waals surface area (Å²) in [5, 5.41) is 19.6. The fraction of sp³-hybridized carbons (Fsp3) is 0.190. The third-order valence-electron chi connectivity index (χ3n) is 5.07. The van der Waals surface area contributed by atoms with E-state index >= 15 is 0 Å². The summed E-state index contributed by atoms with van der Waals surface area (Å²) >= 11 is 1.56. The number of rotatable bonds is 6. The van der Waals surface area contributed by atoms with Crippen LogP contribution in [-0.2, 0) is 0 Å². The van der Waals surface area contributed by atoms with Crippen molar-refractivity contribution in [3.8, 4) is 11.5 Å². The van der Waals surface area contributed by atoms with Crippen LogP contribution in [0.3, 0.4) is 0 Å². The van der Waals surface area contributed by atoms with E-state index in [1.807, 2.05) is 40.9 Å². The van der Waals surface area contributed by atoms with Gasteiger partial charge in [-0.25, -0.2) is 9.97 Å². The van der Waals surface area contributed by atoms with Crippen LogP contribution in [0.5, 0.6) is 0 Å². The number of fused-ring (bicyclic) bond motifs is 1. The predicted octanol–water partition coefficient (Wildman–Crippen LogP) is 4.58. The Bertz CT molecular complexity index is 1370. The fourth-order valence-electron chi connectivity index (χ4n) is 3.36. The van der Waals surface area contributed by atoms with Gasteiger partial charge in [0.1, 0.15) is 10.7 Å². The molecule has 10 heteroatoms. The van der Waals surface area contributed by atoms with Crippen molar-refractivity contribution in [3.63, 3.8) is 0 Å². The summed E-state index contributed by atoms with van der Waals surface area (Å²) in [5.41, 5.74) is 2.87. The van der Waals surface area contributed by atoms with Crippen molar-refractivity contribution in [2.45, 2.75) is 35.6 Å². The Balaban J connectivity index is 1.26. The molecule has 0 aliphatic heterocycles. The molecule has 0 spiro atoms. The number of anilines is 2. The summed E-state index contributed by atoms with van der Waals surface area (Å²) in [6, 6.07) is 12.0. The quantitative estimate of drug-likeness (QED) is 0.377. The molecule has 1 fully saturated rings. The second kappa shape index (κ2) is 7.24. The molecule has 5 aromatic rings. The minimum atomic E-state index is 0.516. The van der Waals surface area contributed by atoms with Crippen LogP contribution in [0.2, 0.25) is 0 Å². The van der Waals surface area contributed by atoms with Crippen molar-refractivity contribution in [1.29, 1.82) is 0 Å². The maximum Gasteiger partial charge on any atom is 0.247 e. The van der Waals surface area contributed by atoms with Crippen LogP contribution >= 0.6 is 11.8 Å². The van der Waals surface area contributed by atoms with Gasteiger partial charge in [0.25, 0.3) is 0 Å².